The van der Waals surface area contributed by atoms with Crippen molar-refractivity contribution in [1.82, 2.24) is 4.90 Å². The van der Waals surface area contributed by atoms with Gasteiger partial charge in [0.05, 0.1) is 5.56 Å². The Balaban J connectivity index is 2.05. The van der Waals surface area contributed by atoms with E-state index >= 15 is 0 Å². The van der Waals surface area contributed by atoms with Crippen LogP contribution in [0.4, 0.5) is 4.39 Å². The van der Waals surface area contributed by atoms with E-state index in [-0.39, 0.29) is 17.5 Å². The number of piperidine rings is 1. The van der Waals surface area contributed by atoms with Gasteiger partial charge < -0.3 is 10.6 Å². The molecule has 1 aromatic rings. The third kappa shape index (κ3) is 3.25. The molecule has 0 radical (unpaired) electrons. The average molecular weight is 285 g/mol. The first-order valence-electron chi connectivity index (χ1n) is 6.49. The fourth-order valence-corrected chi connectivity index (χ4v) is 2.62. The van der Waals surface area contributed by atoms with Crippen LogP contribution in [0.1, 0.15) is 30.1 Å². The van der Waals surface area contributed by atoms with Crippen molar-refractivity contribution in [2.24, 2.45) is 11.7 Å². The van der Waals surface area contributed by atoms with Crippen LogP contribution in [0.3, 0.4) is 0 Å². The molecule has 0 aromatic heterocycles. The van der Waals surface area contributed by atoms with Gasteiger partial charge in [-0.3, -0.25) is 4.79 Å². The minimum atomic E-state index is -0.563. The van der Waals surface area contributed by atoms with E-state index in [1.807, 2.05) is 6.92 Å². The number of benzene rings is 1. The molecule has 0 bridgehead atoms. The van der Waals surface area contributed by atoms with Crippen LogP contribution in [0.5, 0.6) is 0 Å². The number of halogens is 2. The molecule has 1 unspecified atom stereocenters. The molecule has 1 fully saturated rings. The Labute approximate surface area is 117 Å². The van der Waals surface area contributed by atoms with Crippen LogP contribution in [0.15, 0.2) is 18.2 Å². The number of hydrogen-bond donors (Lipinski definition) is 1. The van der Waals surface area contributed by atoms with Gasteiger partial charge >= 0.3 is 0 Å². The summed E-state index contributed by atoms with van der Waals surface area (Å²) in [4.78, 5) is 13.9. The molecule has 5 heteroatoms. The maximum absolute atomic E-state index is 13.7. The van der Waals surface area contributed by atoms with Gasteiger partial charge in [-0.25, -0.2) is 4.39 Å². The van der Waals surface area contributed by atoms with Crippen molar-refractivity contribution in [3.05, 3.63) is 34.6 Å². The number of carbonyl (C=O) groups excluding carboxylic acids is 1. The Morgan fingerprint density at radius 2 is 2.11 bits per heavy atom. The lowest BCUT2D eigenvalue weighted by Crippen LogP contribution is -2.42. The Morgan fingerprint density at radius 3 is 2.63 bits per heavy atom. The smallest absolute Gasteiger partial charge is 0.256 e. The molecule has 1 aliphatic heterocycles. The summed E-state index contributed by atoms with van der Waals surface area (Å²) >= 11 is 5.68. The summed E-state index contributed by atoms with van der Waals surface area (Å²) in [6.07, 6.45) is 1.75. The molecular formula is C14H18ClFN2O. The summed E-state index contributed by atoms with van der Waals surface area (Å²) < 4.78 is 13.7. The number of hydrogen-bond acceptors (Lipinski definition) is 2. The molecule has 3 nitrogen and oxygen atoms in total. The Bertz CT molecular complexity index is 471. The van der Waals surface area contributed by atoms with Crippen LogP contribution < -0.4 is 5.73 Å². The van der Waals surface area contributed by atoms with Gasteiger partial charge in [0.25, 0.3) is 5.91 Å². The van der Waals surface area contributed by atoms with E-state index in [2.05, 4.69) is 0 Å². The molecule has 2 rings (SSSR count). The first-order valence-corrected chi connectivity index (χ1v) is 6.86. The summed E-state index contributed by atoms with van der Waals surface area (Å²) in [6, 6.07) is 4.29. The van der Waals surface area contributed by atoms with Crippen molar-refractivity contribution < 1.29 is 9.18 Å². The van der Waals surface area contributed by atoms with E-state index in [4.69, 9.17) is 17.3 Å². The van der Waals surface area contributed by atoms with Gasteiger partial charge in [0.2, 0.25) is 0 Å². The van der Waals surface area contributed by atoms with E-state index in [0.717, 1.165) is 12.8 Å². The third-order valence-electron chi connectivity index (χ3n) is 3.73. The van der Waals surface area contributed by atoms with Gasteiger partial charge in [-0.15, -0.1) is 0 Å². The summed E-state index contributed by atoms with van der Waals surface area (Å²) in [5.74, 6) is -0.386. The zero-order chi connectivity index (χ0) is 14.0. The van der Waals surface area contributed by atoms with Crippen molar-refractivity contribution in [2.45, 2.75) is 25.8 Å². The van der Waals surface area contributed by atoms with Crippen LogP contribution in [0.2, 0.25) is 5.02 Å². The number of likely N-dealkylation sites (tertiary alicyclic amines) is 1. The second kappa shape index (κ2) is 5.88. The predicted molar refractivity (Wildman–Crippen MR) is 73.7 cm³/mol. The van der Waals surface area contributed by atoms with Gasteiger partial charge in [-0.1, -0.05) is 11.6 Å². The molecular weight excluding hydrogens is 267 g/mol. The molecule has 1 aromatic carbocycles. The molecule has 1 heterocycles. The van der Waals surface area contributed by atoms with Crippen molar-refractivity contribution in [3.8, 4) is 0 Å². The fourth-order valence-electron chi connectivity index (χ4n) is 2.46. The zero-order valence-corrected chi connectivity index (χ0v) is 11.7. The Kier molecular flexibility index (Phi) is 4.42. The van der Waals surface area contributed by atoms with Crippen molar-refractivity contribution >= 4 is 17.5 Å². The summed E-state index contributed by atoms with van der Waals surface area (Å²) in [5, 5.41) is 0.296. The van der Waals surface area contributed by atoms with E-state index in [0.29, 0.717) is 24.0 Å². The van der Waals surface area contributed by atoms with Gasteiger partial charge in [0.15, 0.2) is 0 Å². The lowest BCUT2D eigenvalue weighted by Gasteiger charge is -2.33. The maximum atomic E-state index is 13.7. The number of nitrogens with two attached hydrogens (primary N) is 1. The quantitative estimate of drug-likeness (QED) is 0.907. The van der Waals surface area contributed by atoms with Gasteiger partial charge in [-0.05, 0) is 43.9 Å². The second-order valence-corrected chi connectivity index (χ2v) is 5.55. The fraction of sp³-hybridized carbons (Fsp3) is 0.500. The molecule has 0 saturated carbocycles. The van der Waals surface area contributed by atoms with Gasteiger partial charge in [-0.2, -0.15) is 0 Å². The number of amides is 1. The van der Waals surface area contributed by atoms with Crippen LogP contribution in [-0.2, 0) is 0 Å². The SMILES string of the molecule is CC(N)C1CCN(C(=O)c2ccc(Cl)cc2F)CC1. The largest absolute Gasteiger partial charge is 0.339 e. The third-order valence-corrected chi connectivity index (χ3v) is 3.97. The van der Waals surface area contributed by atoms with Crippen LogP contribution in [-0.4, -0.2) is 29.9 Å². The molecule has 104 valence electrons. The van der Waals surface area contributed by atoms with Crippen LogP contribution >= 0.6 is 11.6 Å². The topological polar surface area (TPSA) is 46.3 Å². The second-order valence-electron chi connectivity index (χ2n) is 5.11. The highest BCUT2D eigenvalue weighted by Crippen LogP contribution is 2.22. The minimum Gasteiger partial charge on any atom is -0.339 e. The maximum Gasteiger partial charge on any atom is 0.256 e. The highest BCUT2D eigenvalue weighted by Gasteiger charge is 2.26. The van der Waals surface area contributed by atoms with E-state index < -0.39 is 5.82 Å². The van der Waals surface area contributed by atoms with Crippen molar-refractivity contribution in [1.29, 1.82) is 0 Å². The highest BCUT2D eigenvalue weighted by atomic mass is 35.5. The molecule has 1 atom stereocenters. The van der Waals surface area contributed by atoms with Gasteiger partial charge in [0.1, 0.15) is 5.82 Å². The minimum absolute atomic E-state index is 0.0867. The molecule has 1 saturated heterocycles. The summed E-state index contributed by atoms with van der Waals surface area (Å²) in [7, 11) is 0. The van der Waals surface area contributed by atoms with E-state index in [9.17, 15) is 9.18 Å². The Hall–Kier alpha value is -1.13. The number of carbonyl (C=O) groups is 1. The standard InChI is InChI=1S/C14H18ClFN2O/c1-9(17)10-4-6-18(7-5-10)14(19)12-3-2-11(15)8-13(12)16/h2-3,8-10H,4-7,17H2,1H3. The molecule has 0 spiro atoms. The monoisotopic (exact) mass is 284 g/mol. The summed E-state index contributed by atoms with van der Waals surface area (Å²) in [5.41, 5.74) is 5.95. The average Bonchev–Trinajstić information content (AvgIpc) is 2.38. The number of nitrogens with zero attached hydrogens (tertiary/aromatic N) is 1. The van der Waals surface area contributed by atoms with Gasteiger partial charge in [0, 0.05) is 24.2 Å². The Morgan fingerprint density at radius 1 is 1.47 bits per heavy atom. The van der Waals surface area contributed by atoms with E-state index in [1.165, 1.54) is 18.2 Å². The van der Waals surface area contributed by atoms with E-state index in [1.54, 1.807) is 4.90 Å². The highest BCUT2D eigenvalue weighted by molar-refractivity contribution is 6.30. The summed E-state index contributed by atoms with van der Waals surface area (Å²) in [6.45, 7) is 3.25. The molecule has 0 aliphatic carbocycles. The van der Waals surface area contributed by atoms with Crippen LogP contribution in [0.25, 0.3) is 0 Å². The first-order chi connectivity index (χ1) is 8.99. The lowest BCUT2D eigenvalue weighted by molar-refractivity contribution is 0.0676. The molecule has 2 N–H and O–H groups in total. The van der Waals surface area contributed by atoms with Crippen LogP contribution in [0, 0.1) is 11.7 Å². The molecule has 1 amide bonds. The number of rotatable bonds is 2. The molecule has 1 aliphatic rings. The van der Waals surface area contributed by atoms with Crippen molar-refractivity contribution in [3.63, 3.8) is 0 Å². The lowest BCUT2D eigenvalue weighted by atomic mass is 9.90. The zero-order valence-electron chi connectivity index (χ0n) is 10.9. The normalized spacial score (nSPS) is 18.4. The molecule has 19 heavy (non-hydrogen) atoms. The van der Waals surface area contributed by atoms with Crippen molar-refractivity contribution in [2.75, 3.05) is 13.1 Å². The predicted octanol–water partition coefficient (Wildman–Crippen LogP) is 2.68. The first kappa shape index (κ1) is 14.3.